The number of aliphatic hydroxyl groups excluding tert-OH is 1. The van der Waals surface area contributed by atoms with Crippen LogP contribution in [0.4, 0.5) is 0 Å². The number of nitrogens with zero attached hydrogens (tertiary/aromatic N) is 2. The second kappa shape index (κ2) is 6.02. The Labute approximate surface area is 110 Å². The van der Waals surface area contributed by atoms with E-state index in [1.807, 2.05) is 18.7 Å². The molecule has 0 aromatic heterocycles. The largest absolute Gasteiger partial charge is 0.389 e. The average molecular weight is 254 g/mol. The van der Waals surface area contributed by atoms with Crippen LogP contribution in [0.25, 0.3) is 0 Å². The molecule has 0 radical (unpaired) electrons. The van der Waals surface area contributed by atoms with E-state index in [0.717, 1.165) is 25.9 Å². The predicted octanol–water partition coefficient (Wildman–Crippen LogP) is 1.23. The monoisotopic (exact) mass is 254 g/mol. The zero-order valence-corrected chi connectivity index (χ0v) is 11.6. The highest BCUT2D eigenvalue weighted by Crippen LogP contribution is 2.28. The average Bonchev–Trinajstić information content (AvgIpc) is 2.69. The van der Waals surface area contributed by atoms with Crippen LogP contribution in [0.5, 0.6) is 0 Å². The number of hydrogen-bond donors (Lipinski definition) is 1. The van der Waals surface area contributed by atoms with Crippen molar-refractivity contribution < 1.29 is 9.90 Å². The van der Waals surface area contributed by atoms with E-state index >= 15 is 0 Å². The van der Waals surface area contributed by atoms with Gasteiger partial charge in [0.2, 0.25) is 5.91 Å². The molecular formula is C14H26N2O2. The van der Waals surface area contributed by atoms with Gasteiger partial charge in [-0.2, -0.15) is 0 Å². The maximum Gasteiger partial charge on any atom is 0.243 e. The van der Waals surface area contributed by atoms with E-state index in [2.05, 4.69) is 4.90 Å². The van der Waals surface area contributed by atoms with Crippen molar-refractivity contribution in [1.82, 2.24) is 9.80 Å². The maximum atomic E-state index is 12.5. The quantitative estimate of drug-likeness (QED) is 0.820. The molecule has 18 heavy (non-hydrogen) atoms. The molecule has 2 rings (SSSR count). The first kappa shape index (κ1) is 13.8. The maximum absolute atomic E-state index is 12.5. The van der Waals surface area contributed by atoms with Crippen LogP contribution in [0, 0.1) is 0 Å². The van der Waals surface area contributed by atoms with Crippen LogP contribution >= 0.6 is 0 Å². The van der Waals surface area contributed by atoms with Gasteiger partial charge >= 0.3 is 0 Å². The summed E-state index contributed by atoms with van der Waals surface area (Å²) in [6.45, 7) is 6.27. The highest BCUT2D eigenvalue weighted by atomic mass is 16.3. The number of β-amino-alcohol motifs (C(OH)–C–C–N with tert-alkyl or cyclic N) is 1. The summed E-state index contributed by atoms with van der Waals surface area (Å²) < 4.78 is 0. The number of hydrogen-bond acceptors (Lipinski definition) is 3. The lowest BCUT2D eigenvalue weighted by Crippen LogP contribution is -2.47. The SMILES string of the molecule is CCN(CC)C1C(=O)N(C2CCCCC2)CC1O. The third-order valence-electron chi connectivity index (χ3n) is 4.51. The van der Waals surface area contributed by atoms with E-state index in [-0.39, 0.29) is 11.9 Å². The van der Waals surface area contributed by atoms with E-state index in [0.29, 0.717) is 12.6 Å². The fourth-order valence-corrected chi connectivity index (χ4v) is 3.46. The number of aliphatic hydroxyl groups is 1. The Bertz CT molecular complexity index is 286. The first-order chi connectivity index (χ1) is 8.69. The van der Waals surface area contributed by atoms with Gasteiger partial charge in [-0.1, -0.05) is 33.1 Å². The molecule has 2 atom stereocenters. The second-order valence-corrected chi connectivity index (χ2v) is 5.52. The molecular weight excluding hydrogens is 228 g/mol. The van der Waals surface area contributed by atoms with Gasteiger partial charge in [0.25, 0.3) is 0 Å². The molecule has 0 aromatic rings. The molecule has 104 valence electrons. The van der Waals surface area contributed by atoms with Gasteiger partial charge in [-0.05, 0) is 25.9 Å². The molecule has 2 unspecified atom stereocenters. The number of likely N-dealkylation sites (tertiary alicyclic amines) is 1. The zero-order valence-electron chi connectivity index (χ0n) is 11.6. The molecule has 0 aromatic carbocycles. The van der Waals surface area contributed by atoms with Crippen LogP contribution in [0.3, 0.4) is 0 Å². The summed E-state index contributed by atoms with van der Waals surface area (Å²) in [7, 11) is 0. The normalized spacial score (nSPS) is 30.4. The van der Waals surface area contributed by atoms with Crippen molar-refractivity contribution >= 4 is 5.91 Å². The second-order valence-electron chi connectivity index (χ2n) is 5.52. The third-order valence-corrected chi connectivity index (χ3v) is 4.51. The van der Waals surface area contributed by atoms with Crippen molar-refractivity contribution in [2.24, 2.45) is 0 Å². The number of rotatable bonds is 4. The molecule has 1 heterocycles. The van der Waals surface area contributed by atoms with Crippen molar-refractivity contribution in [2.75, 3.05) is 19.6 Å². The molecule has 4 heteroatoms. The van der Waals surface area contributed by atoms with Crippen molar-refractivity contribution in [1.29, 1.82) is 0 Å². The minimum absolute atomic E-state index is 0.151. The molecule has 1 saturated heterocycles. The molecule has 2 fully saturated rings. The topological polar surface area (TPSA) is 43.8 Å². The van der Waals surface area contributed by atoms with Crippen LogP contribution in [0.1, 0.15) is 46.0 Å². The lowest BCUT2D eigenvalue weighted by Gasteiger charge is -2.32. The number of likely N-dealkylation sites (N-methyl/N-ethyl adjacent to an activating group) is 1. The van der Waals surface area contributed by atoms with Gasteiger partial charge in [0.05, 0.1) is 6.10 Å². The first-order valence-corrected chi connectivity index (χ1v) is 7.41. The van der Waals surface area contributed by atoms with E-state index < -0.39 is 6.10 Å². The first-order valence-electron chi connectivity index (χ1n) is 7.41. The van der Waals surface area contributed by atoms with Gasteiger partial charge in [-0.15, -0.1) is 0 Å². The Morgan fingerprint density at radius 2 is 1.83 bits per heavy atom. The van der Waals surface area contributed by atoms with Crippen molar-refractivity contribution in [3.8, 4) is 0 Å². The van der Waals surface area contributed by atoms with E-state index in [9.17, 15) is 9.90 Å². The highest BCUT2D eigenvalue weighted by molar-refractivity contribution is 5.85. The molecule has 0 spiro atoms. The van der Waals surface area contributed by atoms with Gasteiger partial charge in [0.1, 0.15) is 6.04 Å². The summed E-state index contributed by atoms with van der Waals surface area (Å²) >= 11 is 0. The van der Waals surface area contributed by atoms with E-state index in [1.54, 1.807) is 0 Å². The molecule has 1 N–H and O–H groups in total. The number of amides is 1. The van der Waals surface area contributed by atoms with Crippen LogP contribution in [-0.4, -0.2) is 58.6 Å². The Morgan fingerprint density at radius 3 is 2.39 bits per heavy atom. The van der Waals surface area contributed by atoms with Crippen LogP contribution in [0.2, 0.25) is 0 Å². The molecule has 1 saturated carbocycles. The molecule has 0 bridgehead atoms. The fourth-order valence-electron chi connectivity index (χ4n) is 3.46. The number of carbonyl (C=O) groups excluding carboxylic acids is 1. The van der Waals surface area contributed by atoms with Gasteiger partial charge in [0, 0.05) is 12.6 Å². The zero-order chi connectivity index (χ0) is 13.1. The Kier molecular flexibility index (Phi) is 4.62. The van der Waals surface area contributed by atoms with Gasteiger partial charge in [0.15, 0.2) is 0 Å². The van der Waals surface area contributed by atoms with Crippen molar-refractivity contribution in [3.63, 3.8) is 0 Å². The van der Waals surface area contributed by atoms with Crippen LogP contribution < -0.4 is 0 Å². The standard InChI is InChI=1S/C14H26N2O2/c1-3-15(4-2)13-12(17)10-16(14(13)18)11-8-6-5-7-9-11/h11-13,17H,3-10H2,1-2H3. The molecule has 1 aliphatic heterocycles. The summed E-state index contributed by atoms with van der Waals surface area (Å²) in [5.74, 6) is 0.151. The minimum atomic E-state index is -0.515. The van der Waals surface area contributed by atoms with Crippen molar-refractivity contribution in [3.05, 3.63) is 0 Å². The molecule has 4 nitrogen and oxygen atoms in total. The Hall–Kier alpha value is -0.610. The summed E-state index contributed by atoms with van der Waals surface area (Å²) in [5.41, 5.74) is 0. The van der Waals surface area contributed by atoms with Gasteiger partial charge < -0.3 is 10.0 Å². The predicted molar refractivity (Wildman–Crippen MR) is 71.3 cm³/mol. The summed E-state index contributed by atoms with van der Waals surface area (Å²) in [6.07, 6.45) is 5.45. The summed E-state index contributed by atoms with van der Waals surface area (Å²) in [5, 5.41) is 10.2. The van der Waals surface area contributed by atoms with Crippen LogP contribution in [-0.2, 0) is 4.79 Å². The Morgan fingerprint density at radius 1 is 1.22 bits per heavy atom. The lowest BCUT2D eigenvalue weighted by atomic mass is 9.94. The molecule has 1 aliphatic carbocycles. The highest BCUT2D eigenvalue weighted by Gasteiger charge is 2.44. The fraction of sp³-hybridized carbons (Fsp3) is 0.929. The van der Waals surface area contributed by atoms with Gasteiger partial charge in [-0.25, -0.2) is 0 Å². The minimum Gasteiger partial charge on any atom is -0.389 e. The molecule has 2 aliphatic rings. The number of carbonyl (C=O) groups is 1. The summed E-state index contributed by atoms with van der Waals surface area (Å²) in [6, 6.07) is 0.0726. The Balaban J connectivity index is 2.05. The smallest absolute Gasteiger partial charge is 0.243 e. The van der Waals surface area contributed by atoms with E-state index in [1.165, 1.54) is 19.3 Å². The summed E-state index contributed by atoms with van der Waals surface area (Å²) in [4.78, 5) is 16.5. The third kappa shape index (κ3) is 2.54. The van der Waals surface area contributed by atoms with Crippen molar-refractivity contribution in [2.45, 2.75) is 64.1 Å². The lowest BCUT2D eigenvalue weighted by molar-refractivity contribution is -0.135. The van der Waals surface area contributed by atoms with E-state index in [4.69, 9.17) is 0 Å². The van der Waals surface area contributed by atoms with Crippen LogP contribution in [0.15, 0.2) is 0 Å². The molecule has 1 amide bonds. The van der Waals surface area contributed by atoms with Gasteiger partial charge in [-0.3, -0.25) is 9.69 Å².